The molecule has 2 aromatic heterocycles. The van der Waals surface area contributed by atoms with Crippen LogP contribution in [0.1, 0.15) is 26.0 Å². The molecule has 4 N–H and O–H groups in total. The van der Waals surface area contributed by atoms with Crippen LogP contribution in [0.4, 0.5) is 23.3 Å². The summed E-state index contributed by atoms with van der Waals surface area (Å²) < 4.78 is 1.78. The second kappa shape index (κ2) is 6.23. The van der Waals surface area contributed by atoms with Crippen molar-refractivity contribution in [3.8, 4) is 0 Å². The number of hydrogen-bond donors (Lipinski definition) is 3. The maximum absolute atomic E-state index is 5.74. The van der Waals surface area contributed by atoms with Crippen LogP contribution >= 0.6 is 0 Å². The van der Waals surface area contributed by atoms with Gasteiger partial charge >= 0.3 is 0 Å². The molecule has 7 heteroatoms. The van der Waals surface area contributed by atoms with Crippen molar-refractivity contribution in [2.24, 2.45) is 7.05 Å². The third-order valence-corrected chi connectivity index (χ3v) is 2.80. The van der Waals surface area contributed by atoms with Crippen LogP contribution in [0, 0.1) is 0 Å². The normalized spacial score (nSPS) is 10.6. The smallest absolute Gasteiger partial charge is 0.223 e. The molecule has 0 unspecified atom stereocenters. The molecule has 0 aliphatic heterocycles. The van der Waals surface area contributed by atoms with Crippen LogP contribution in [0.3, 0.4) is 0 Å². The highest BCUT2D eigenvalue weighted by Gasteiger charge is 2.08. The minimum atomic E-state index is 0.246. The van der Waals surface area contributed by atoms with E-state index < -0.39 is 0 Å². The number of aryl methyl sites for hydroxylation is 2. The van der Waals surface area contributed by atoms with Crippen molar-refractivity contribution >= 4 is 23.3 Å². The van der Waals surface area contributed by atoms with E-state index in [0.717, 1.165) is 36.6 Å². The SMILES string of the molecule is CCCNc1cc(Nc2cn(C)nc2CC)nc(N)n1. The summed E-state index contributed by atoms with van der Waals surface area (Å²) in [6.07, 6.45) is 3.80. The lowest BCUT2D eigenvalue weighted by Gasteiger charge is -2.09. The number of hydrogen-bond acceptors (Lipinski definition) is 6. The molecule has 108 valence electrons. The number of aromatic nitrogens is 4. The van der Waals surface area contributed by atoms with E-state index in [9.17, 15) is 0 Å². The zero-order valence-electron chi connectivity index (χ0n) is 12.1. The molecule has 0 spiro atoms. The number of nitrogens with one attached hydrogen (secondary N) is 2. The minimum Gasteiger partial charge on any atom is -0.370 e. The summed E-state index contributed by atoms with van der Waals surface area (Å²) in [6.45, 7) is 5.01. The van der Waals surface area contributed by atoms with Gasteiger partial charge in [-0.25, -0.2) is 0 Å². The van der Waals surface area contributed by atoms with E-state index >= 15 is 0 Å². The molecule has 0 amide bonds. The van der Waals surface area contributed by atoms with Crippen LogP contribution in [-0.4, -0.2) is 26.3 Å². The van der Waals surface area contributed by atoms with Gasteiger partial charge < -0.3 is 16.4 Å². The Hall–Kier alpha value is -2.31. The van der Waals surface area contributed by atoms with Gasteiger partial charge in [0.15, 0.2) is 0 Å². The molecule has 0 aromatic carbocycles. The molecule has 0 saturated heterocycles. The second-order valence-electron chi connectivity index (χ2n) is 4.57. The number of nitrogens with two attached hydrogens (primary N) is 1. The van der Waals surface area contributed by atoms with Gasteiger partial charge in [-0.2, -0.15) is 15.1 Å². The van der Waals surface area contributed by atoms with Gasteiger partial charge in [-0.05, 0) is 12.8 Å². The summed E-state index contributed by atoms with van der Waals surface area (Å²) in [7, 11) is 1.90. The van der Waals surface area contributed by atoms with E-state index in [4.69, 9.17) is 5.73 Å². The maximum atomic E-state index is 5.74. The summed E-state index contributed by atoms with van der Waals surface area (Å²) in [4.78, 5) is 8.36. The molecule has 2 aromatic rings. The summed E-state index contributed by atoms with van der Waals surface area (Å²) >= 11 is 0. The Labute approximate surface area is 118 Å². The van der Waals surface area contributed by atoms with Crippen LogP contribution in [-0.2, 0) is 13.5 Å². The quantitative estimate of drug-likeness (QED) is 0.745. The topological polar surface area (TPSA) is 93.7 Å². The highest BCUT2D eigenvalue weighted by molar-refractivity contribution is 5.62. The molecule has 0 saturated carbocycles. The van der Waals surface area contributed by atoms with E-state index in [1.165, 1.54) is 0 Å². The van der Waals surface area contributed by atoms with Gasteiger partial charge in [-0.3, -0.25) is 4.68 Å². The second-order valence-corrected chi connectivity index (χ2v) is 4.57. The Bertz CT molecular complexity index is 576. The highest BCUT2D eigenvalue weighted by atomic mass is 15.3. The summed E-state index contributed by atoms with van der Waals surface area (Å²) in [5.41, 5.74) is 7.67. The van der Waals surface area contributed by atoms with Crippen molar-refractivity contribution < 1.29 is 0 Å². The van der Waals surface area contributed by atoms with Crippen LogP contribution in [0.25, 0.3) is 0 Å². The van der Waals surface area contributed by atoms with Gasteiger partial charge in [0, 0.05) is 25.9 Å². The fraction of sp³-hybridized carbons (Fsp3) is 0.462. The Morgan fingerprint density at radius 3 is 2.70 bits per heavy atom. The molecular weight excluding hydrogens is 254 g/mol. The predicted octanol–water partition coefficient (Wildman–Crippen LogP) is 1.92. The molecule has 0 fully saturated rings. The molecule has 0 aliphatic rings. The Balaban J connectivity index is 2.21. The first-order chi connectivity index (χ1) is 9.62. The molecule has 0 radical (unpaired) electrons. The zero-order chi connectivity index (χ0) is 14.5. The van der Waals surface area contributed by atoms with Gasteiger partial charge in [-0.15, -0.1) is 0 Å². The number of nitrogens with zero attached hydrogens (tertiary/aromatic N) is 4. The van der Waals surface area contributed by atoms with Crippen molar-refractivity contribution in [1.29, 1.82) is 0 Å². The average Bonchev–Trinajstić information content (AvgIpc) is 2.75. The van der Waals surface area contributed by atoms with Crippen molar-refractivity contribution in [3.05, 3.63) is 18.0 Å². The van der Waals surface area contributed by atoms with Crippen LogP contribution in [0.15, 0.2) is 12.3 Å². The van der Waals surface area contributed by atoms with Crippen LogP contribution in [0.5, 0.6) is 0 Å². The fourth-order valence-corrected chi connectivity index (χ4v) is 1.91. The van der Waals surface area contributed by atoms with E-state index in [-0.39, 0.29) is 5.95 Å². The molecule has 2 rings (SSSR count). The summed E-state index contributed by atoms with van der Waals surface area (Å²) in [6, 6.07) is 1.85. The molecule has 7 nitrogen and oxygen atoms in total. The monoisotopic (exact) mass is 275 g/mol. The molecule has 0 aliphatic carbocycles. The molecule has 0 atom stereocenters. The molecule has 0 bridgehead atoms. The van der Waals surface area contributed by atoms with E-state index in [0.29, 0.717) is 5.82 Å². The number of rotatable bonds is 6. The minimum absolute atomic E-state index is 0.246. The standard InChI is InChI=1S/C13H21N7/c1-4-6-15-11-7-12(18-13(14)17-11)16-10-8-20(3)19-9(10)5-2/h7-8H,4-6H2,1-3H3,(H4,14,15,16,17,18). The molecular formula is C13H21N7. The molecule has 20 heavy (non-hydrogen) atoms. The van der Waals surface area contributed by atoms with Gasteiger partial charge in [0.2, 0.25) is 5.95 Å². The molecule has 2 heterocycles. The average molecular weight is 275 g/mol. The Morgan fingerprint density at radius 1 is 1.25 bits per heavy atom. The van der Waals surface area contributed by atoms with Crippen molar-refractivity contribution in [1.82, 2.24) is 19.7 Å². The van der Waals surface area contributed by atoms with Gasteiger partial charge in [0.1, 0.15) is 11.6 Å². The lowest BCUT2D eigenvalue weighted by atomic mass is 10.3. The predicted molar refractivity (Wildman–Crippen MR) is 81.1 cm³/mol. The summed E-state index contributed by atoms with van der Waals surface area (Å²) in [5.74, 6) is 1.64. The Kier molecular flexibility index (Phi) is 4.39. The van der Waals surface area contributed by atoms with E-state index in [1.54, 1.807) is 4.68 Å². The first-order valence-corrected chi connectivity index (χ1v) is 6.80. The Morgan fingerprint density at radius 2 is 2.00 bits per heavy atom. The lowest BCUT2D eigenvalue weighted by molar-refractivity contribution is 0.746. The van der Waals surface area contributed by atoms with Gasteiger partial charge in [-0.1, -0.05) is 13.8 Å². The zero-order valence-corrected chi connectivity index (χ0v) is 12.1. The summed E-state index contributed by atoms with van der Waals surface area (Å²) in [5, 5.41) is 10.8. The highest BCUT2D eigenvalue weighted by Crippen LogP contribution is 2.21. The van der Waals surface area contributed by atoms with E-state index in [1.807, 2.05) is 19.3 Å². The van der Waals surface area contributed by atoms with Gasteiger partial charge in [0.05, 0.1) is 11.4 Å². The number of nitrogen functional groups attached to an aromatic ring is 1. The largest absolute Gasteiger partial charge is 0.370 e. The van der Waals surface area contributed by atoms with Crippen LogP contribution < -0.4 is 16.4 Å². The fourth-order valence-electron chi connectivity index (χ4n) is 1.91. The maximum Gasteiger partial charge on any atom is 0.223 e. The third kappa shape index (κ3) is 3.37. The van der Waals surface area contributed by atoms with Gasteiger partial charge in [0.25, 0.3) is 0 Å². The lowest BCUT2D eigenvalue weighted by Crippen LogP contribution is -2.07. The number of anilines is 4. The van der Waals surface area contributed by atoms with Crippen LogP contribution in [0.2, 0.25) is 0 Å². The van der Waals surface area contributed by atoms with Crippen molar-refractivity contribution in [2.45, 2.75) is 26.7 Å². The third-order valence-electron chi connectivity index (χ3n) is 2.80. The first-order valence-electron chi connectivity index (χ1n) is 6.80. The van der Waals surface area contributed by atoms with E-state index in [2.05, 4.69) is 39.5 Å². The first kappa shape index (κ1) is 14.1. The van der Waals surface area contributed by atoms with Crippen molar-refractivity contribution in [2.75, 3.05) is 22.9 Å². The van der Waals surface area contributed by atoms with Crippen molar-refractivity contribution in [3.63, 3.8) is 0 Å².